The number of carboxylic acids is 2. The number of nitrogens with one attached hydrogen (secondary N) is 2. The second-order valence-electron chi connectivity index (χ2n) is 13.0. The van der Waals surface area contributed by atoms with Gasteiger partial charge in [-0.15, -0.1) is 0 Å². The molecule has 10 rings (SSSR count). The topological polar surface area (TPSA) is 132 Å². The first-order valence-electron chi connectivity index (χ1n) is 16.8. The van der Waals surface area contributed by atoms with Gasteiger partial charge in [-0.1, -0.05) is 97.1 Å². The Morgan fingerprint density at radius 2 is 0.885 bits per heavy atom. The van der Waals surface area contributed by atoms with E-state index in [1.807, 2.05) is 84.9 Å². The zero-order valence-electron chi connectivity index (χ0n) is 27.3. The maximum Gasteiger partial charge on any atom is 0.335 e. The van der Waals surface area contributed by atoms with Crippen molar-refractivity contribution in [1.29, 1.82) is 0 Å². The van der Waals surface area contributed by atoms with E-state index in [-0.39, 0.29) is 11.1 Å². The summed E-state index contributed by atoms with van der Waals surface area (Å²) < 4.78 is 0. The monoisotopic (exact) mass is 674 g/mol. The average Bonchev–Trinajstić information content (AvgIpc) is 3.91. The van der Waals surface area contributed by atoms with Crippen LogP contribution in [0.25, 0.3) is 99.8 Å². The Kier molecular flexibility index (Phi) is 6.31. The molecule has 0 fully saturated rings. The van der Waals surface area contributed by atoms with Crippen LogP contribution in [0.2, 0.25) is 0 Å². The number of nitrogens with zero attached hydrogens (tertiary/aromatic N) is 2. The molecule has 0 aliphatic carbocycles. The molecular formula is C44H26N4O4. The van der Waals surface area contributed by atoms with Gasteiger partial charge in [0.05, 0.1) is 39.4 Å². The number of carboxylic acid groups (broad SMARTS) is 2. The van der Waals surface area contributed by atoms with Gasteiger partial charge in [-0.2, -0.15) is 0 Å². The summed E-state index contributed by atoms with van der Waals surface area (Å²) in [6, 6.07) is 42.7. The smallest absolute Gasteiger partial charge is 0.335 e. The Hall–Kier alpha value is -7.32. The predicted octanol–water partition coefficient (Wildman–Crippen LogP) is 10.4. The second-order valence-corrected chi connectivity index (χ2v) is 13.0. The van der Waals surface area contributed by atoms with Crippen molar-refractivity contribution in [2.45, 2.75) is 0 Å². The van der Waals surface area contributed by atoms with Gasteiger partial charge in [-0.3, -0.25) is 0 Å². The van der Waals surface area contributed by atoms with Gasteiger partial charge in [0.1, 0.15) is 0 Å². The van der Waals surface area contributed by atoms with Crippen LogP contribution in [-0.4, -0.2) is 42.1 Å². The van der Waals surface area contributed by atoms with E-state index in [1.165, 1.54) is 18.2 Å². The molecule has 0 spiro atoms. The van der Waals surface area contributed by atoms with Gasteiger partial charge in [0, 0.05) is 65.9 Å². The molecule has 0 saturated heterocycles. The molecule has 0 amide bonds. The molecule has 8 nitrogen and oxygen atoms in total. The quantitative estimate of drug-likeness (QED) is 0.147. The van der Waals surface area contributed by atoms with Crippen LogP contribution in [0.5, 0.6) is 0 Å². The van der Waals surface area contributed by atoms with Crippen LogP contribution in [0.1, 0.15) is 20.7 Å². The van der Waals surface area contributed by atoms with Crippen LogP contribution >= 0.6 is 0 Å². The number of aromatic nitrogens is 4. The lowest BCUT2D eigenvalue weighted by molar-refractivity contribution is 0.0696. The van der Waals surface area contributed by atoms with E-state index < -0.39 is 11.9 Å². The summed E-state index contributed by atoms with van der Waals surface area (Å²) in [6.45, 7) is 0. The lowest BCUT2D eigenvalue weighted by atomic mass is 9.94. The molecule has 5 heterocycles. The summed E-state index contributed by atoms with van der Waals surface area (Å²) in [4.78, 5) is 42.6. The molecule has 0 radical (unpaired) electrons. The van der Waals surface area contributed by atoms with Gasteiger partial charge in [0.25, 0.3) is 0 Å². The molecule has 52 heavy (non-hydrogen) atoms. The summed E-state index contributed by atoms with van der Waals surface area (Å²) in [5.41, 5.74) is 10.7. The van der Waals surface area contributed by atoms with Gasteiger partial charge >= 0.3 is 11.9 Å². The highest BCUT2D eigenvalue weighted by Crippen LogP contribution is 2.45. The first kappa shape index (κ1) is 29.6. The number of carbonyl (C=O) groups is 2. The Morgan fingerprint density at radius 3 is 1.42 bits per heavy atom. The van der Waals surface area contributed by atoms with Gasteiger partial charge in [0.2, 0.25) is 0 Å². The number of hydrogen-bond donors (Lipinski definition) is 4. The molecular weight excluding hydrogens is 649 g/mol. The van der Waals surface area contributed by atoms with Crippen LogP contribution in [0.4, 0.5) is 0 Å². The summed E-state index contributed by atoms with van der Waals surface area (Å²) in [5.74, 6) is -2.46. The minimum Gasteiger partial charge on any atom is -0.478 e. The molecule has 0 saturated carbocycles. The highest BCUT2D eigenvalue weighted by molar-refractivity contribution is 6.15. The van der Waals surface area contributed by atoms with E-state index in [4.69, 9.17) is 9.97 Å². The third-order valence-corrected chi connectivity index (χ3v) is 9.98. The number of fused-ring (bicyclic) bond motifs is 20. The van der Waals surface area contributed by atoms with Crippen molar-refractivity contribution in [2.24, 2.45) is 0 Å². The van der Waals surface area contributed by atoms with Crippen LogP contribution < -0.4 is 0 Å². The lowest BCUT2D eigenvalue weighted by Gasteiger charge is -2.10. The first-order chi connectivity index (χ1) is 25.4. The Labute approximate surface area is 295 Å². The van der Waals surface area contributed by atoms with E-state index in [0.717, 1.165) is 71.7 Å². The Bertz CT molecular complexity index is 3010. The molecule has 0 unspecified atom stereocenters. The third-order valence-electron chi connectivity index (χ3n) is 9.98. The number of benzene rings is 5. The van der Waals surface area contributed by atoms with E-state index in [9.17, 15) is 19.8 Å². The number of rotatable bonds is 3. The van der Waals surface area contributed by atoms with E-state index in [1.54, 1.807) is 0 Å². The van der Waals surface area contributed by atoms with Crippen LogP contribution in [0, 0.1) is 0 Å². The number of H-pyrrole nitrogens is 2. The molecule has 8 aromatic rings. The van der Waals surface area contributed by atoms with Crippen molar-refractivity contribution in [3.05, 3.63) is 145 Å². The minimum atomic E-state index is -1.23. The molecule has 3 aromatic heterocycles. The first-order valence-corrected chi connectivity index (χ1v) is 16.8. The van der Waals surface area contributed by atoms with Crippen molar-refractivity contribution >= 4 is 55.6 Å². The zero-order chi connectivity index (χ0) is 35.1. The standard InChI is InChI=1S/C44H26N4O4/c49-43(50)24-17-23(18-25(19-24)44(51)52)40-41-32-15-7-5-13-30(32)38(47-41)21-36-28-11-3-1-9-26(28)34(45-36)20-35-27-10-2-4-12-29(27)37(46-35)22-39-31-14-6-8-16-33(31)42(40)48-39/h1-22,45,48H,(H,49,50)(H,51,52). The largest absolute Gasteiger partial charge is 0.478 e. The lowest BCUT2D eigenvalue weighted by Crippen LogP contribution is -2.03. The molecule has 4 N–H and O–H groups in total. The molecule has 246 valence electrons. The zero-order valence-corrected chi connectivity index (χ0v) is 27.3. The normalized spacial score (nSPS) is 11.8. The summed E-state index contributed by atoms with van der Waals surface area (Å²) in [6.07, 6.45) is 0. The highest BCUT2D eigenvalue weighted by Gasteiger charge is 2.25. The van der Waals surface area contributed by atoms with Crippen molar-refractivity contribution in [3.8, 4) is 56.2 Å². The fraction of sp³-hybridized carbons (Fsp3) is 0. The van der Waals surface area contributed by atoms with E-state index in [0.29, 0.717) is 28.0 Å². The molecule has 2 aliphatic heterocycles. The molecule has 5 aromatic carbocycles. The summed E-state index contributed by atoms with van der Waals surface area (Å²) in [5, 5.41) is 24.1. The van der Waals surface area contributed by atoms with Gasteiger partial charge < -0.3 is 20.2 Å². The minimum absolute atomic E-state index is 0.138. The predicted molar refractivity (Wildman–Crippen MR) is 204 cm³/mol. The van der Waals surface area contributed by atoms with Crippen molar-refractivity contribution in [1.82, 2.24) is 19.9 Å². The maximum absolute atomic E-state index is 12.4. The highest BCUT2D eigenvalue weighted by atomic mass is 16.4. The maximum atomic E-state index is 12.4. The second kappa shape index (κ2) is 11.1. The van der Waals surface area contributed by atoms with Gasteiger partial charge in [-0.25, -0.2) is 19.6 Å². The summed E-state index contributed by atoms with van der Waals surface area (Å²) >= 11 is 0. The van der Waals surface area contributed by atoms with Crippen molar-refractivity contribution < 1.29 is 19.8 Å². The number of aromatic carboxylic acids is 2. The van der Waals surface area contributed by atoms with E-state index in [2.05, 4.69) is 40.3 Å². The molecule has 8 heteroatoms. The molecule has 8 bridgehead atoms. The van der Waals surface area contributed by atoms with Crippen LogP contribution in [0.3, 0.4) is 0 Å². The van der Waals surface area contributed by atoms with Gasteiger partial charge in [0.15, 0.2) is 0 Å². The van der Waals surface area contributed by atoms with E-state index >= 15 is 0 Å². The molecule has 2 aliphatic rings. The average molecular weight is 675 g/mol. The van der Waals surface area contributed by atoms with Gasteiger partial charge in [-0.05, 0) is 42.0 Å². The third kappa shape index (κ3) is 4.48. The fourth-order valence-electron chi connectivity index (χ4n) is 7.66. The Morgan fingerprint density at radius 1 is 0.462 bits per heavy atom. The fourth-order valence-corrected chi connectivity index (χ4v) is 7.66. The van der Waals surface area contributed by atoms with Crippen molar-refractivity contribution in [3.63, 3.8) is 0 Å². The summed E-state index contributed by atoms with van der Waals surface area (Å²) in [7, 11) is 0. The van der Waals surface area contributed by atoms with Crippen LogP contribution in [0.15, 0.2) is 133 Å². The molecule has 0 atom stereocenters. The number of hydrogen-bond acceptors (Lipinski definition) is 4. The number of aromatic amines is 2. The Balaban J connectivity index is 1.47. The van der Waals surface area contributed by atoms with Crippen molar-refractivity contribution in [2.75, 3.05) is 0 Å². The SMILES string of the molecule is O=C(O)c1cc(C(=O)O)cc(-c2c3nc(cc4[nH]c(cc5nc(cc6[nH]c2c2ccccc62)-c2ccccc2-5)c2ccccc42)-c2ccccc2-3)c1. The van der Waals surface area contributed by atoms with Crippen LogP contribution in [-0.2, 0) is 0 Å².